The van der Waals surface area contributed by atoms with Crippen LogP contribution >= 0.6 is 11.6 Å². The van der Waals surface area contributed by atoms with Gasteiger partial charge in [0.25, 0.3) is 0 Å². The topological polar surface area (TPSA) is 20.2 Å². The molecule has 1 aromatic rings. The molecule has 0 bridgehead atoms. The van der Waals surface area contributed by atoms with E-state index in [-0.39, 0.29) is 10.6 Å². The molecule has 80 valence electrons. The number of benzene rings is 1. The highest BCUT2D eigenvalue weighted by Gasteiger charge is 2.14. The molecule has 1 N–H and O–H groups in total. The molecule has 1 aromatic carbocycles. The Kier molecular flexibility index (Phi) is 4.61. The van der Waals surface area contributed by atoms with Crippen molar-refractivity contribution in [2.45, 2.75) is 25.4 Å². The average molecular weight is 227 g/mol. The first-order valence-electron chi connectivity index (χ1n) is 4.72. The van der Waals surface area contributed by atoms with Gasteiger partial charge in [-0.2, -0.15) is 0 Å². The van der Waals surface area contributed by atoms with Gasteiger partial charge in [-0.05, 0) is 18.9 Å². The number of terminal acetylenes is 1. The molecule has 1 rings (SSSR count). The Balaban J connectivity index is 2.70. The molecule has 0 spiro atoms. The van der Waals surface area contributed by atoms with Crippen LogP contribution in [0.3, 0.4) is 0 Å². The van der Waals surface area contributed by atoms with E-state index in [2.05, 4.69) is 5.92 Å². The predicted octanol–water partition coefficient (Wildman–Crippen LogP) is 3.32. The van der Waals surface area contributed by atoms with Gasteiger partial charge in [0.15, 0.2) is 0 Å². The number of aliphatic hydroxyl groups excluding tert-OH is 1. The van der Waals surface area contributed by atoms with Gasteiger partial charge in [-0.25, -0.2) is 4.39 Å². The molecule has 15 heavy (non-hydrogen) atoms. The second-order valence-corrected chi connectivity index (χ2v) is 3.66. The fourth-order valence-electron chi connectivity index (χ4n) is 1.33. The Hall–Kier alpha value is -1.04. The van der Waals surface area contributed by atoms with Crippen molar-refractivity contribution in [1.29, 1.82) is 0 Å². The number of hydrogen-bond acceptors (Lipinski definition) is 1. The van der Waals surface area contributed by atoms with E-state index in [0.717, 1.165) is 0 Å². The minimum absolute atomic E-state index is 0.0310. The molecule has 0 radical (unpaired) electrons. The number of hydrogen-bond donors (Lipinski definition) is 1. The number of unbranched alkanes of at least 4 members (excludes halogenated alkanes) is 1. The molecule has 0 fully saturated rings. The van der Waals surface area contributed by atoms with Gasteiger partial charge in [0.1, 0.15) is 5.82 Å². The molecular weight excluding hydrogens is 215 g/mol. The monoisotopic (exact) mass is 226 g/mol. The van der Waals surface area contributed by atoms with Crippen LogP contribution in [0, 0.1) is 18.2 Å². The largest absolute Gasteiger partial charge is 0.388 e. The third-order valence-corrected chi connectivity index (χ3v) is 2.43. The molecule has 0 saturated carbocycles. The zero-order valence-corrected chi connectivity index (χ0v) is 8.97. The Morgan fingerprint density at radius 2 is 2.27 bits per heavy atom. The maximum absolute atomic E-state index is 13.4. The lowest BCUT2D eigenvalue weighted by Gasteiger charge is -2.11. The molecule has 1 nitrogen and oxygen atoms in total. The fourth-order valence-corrected chi connectivity index (χ4v) is 1.51. The summed E-state index contributed by atoms with van der Waals surface area (Å²) in [5.74, 6) is 1.92. The van der Waals surface area contributed by atoms with Gasteiger partial charge >= 0.3 is 0 Å². The maximum Gasteiger partial charge on any atom is 0.147 e. The molecule has 0 aliphatic heterocycles. The number of halogens is 2. The molecule has 0 aliphatic rings. The van der Waals surface area contributed by atoms with Crippen molar-refractivity contribution in [3.8, 4) is 12.3 Å². The number of aliphatic hydroxyl groups is 1. The van der Waals surface area contributed by atoms with Crippen LogP contribution < -0.4 is 0 Å². The molecule has 0 amide bonds. The second kappa shape index (κ2) is 5.75. The summed E-state index contributed by atoms with van der Waals surface area (Å²) in [6.07, 6.45) is 5.94. The van der Waals surface area contributed by atoms with Gasteiger partial charge in [0.2, 0.25) is 0 Å². The summed E-state index contributed by atoms with van der Waals surface area (Å²) < 4.78 is 13.4. The summed E-state index contributed by atoms with van der Waals surface area (Å²) in [4.78, 5) is 0. The number of rotatable bonds is 4. The normalized spacial score (nSPS) is 12.1. The molecule has 1 unspecified atom stereocenters. The lowest BCUT2D eigenvalue weighted by Crippen LogP contribution is -2.00. The van der Waals surface area contributed by atoms with Gasteiger partial charge in [-0.15, -0.1) is 12.3 Å². The van der Waals surface area contributed by atoms with Crippen molar-refractivity contribution < 1.29 is 9.50 Å². The SMILES string of the molecule is C#CCCCC(O)c1cccc(Cl)c1F. The van der Waals surface area contributed by atoms with E-state index < -0.39 is 11.9 Å². The minimum Gasteiger partial charge on any atom is -0.388 e. The van der Waals surface area contributed by atoms with E-state index in [1.54, 1.807) is 6.07 Å². The van der Waals surface area contributed by atoms with Crippen molar-refractivity contribution in [3.05, 3.63) is 34.6 Å². The Morgan fingerprint density at radius 1 is 1.53 bits per heavy atom. The van der Waals surface area contributed by atoms with Crippen molar-refractivity contribution >= 4 is 11.6 Å². The summed E-state index contributed by atoms with van der Waals surface area (Å²) in [7, 11) is 0. The highest BCUT2D eigenvalue weighted by Crippen LogP contribution is 2.26. The summed E-state index contributed by atoms with van der Waals surface area (Å²) in [6.45, 7) is 0. The first-order chi connectivity index (χ1) is 7.16. The maximum atomic E-state index is 13.4. The van der Waals surface area contributed by atoms with E-state index in [1.807, 2.05) is 0 Å². The van der Waals surface area contributed by atoms with Crippen LogP contribution in [0.25, 0.3) is 0 Å². The van der Waals surface area contributed by atoms with E-state index in [9.17, 15) is 9.50 Å². The van der Waals surface area contributed by atoms with Gasteiger partial charge in [-0.3, -0.25) is 0 Å². The Bertz CT molecular complexity index is 370. The standard InChI is InChI=1S/C12H12ClFO/c1-2-3-4-8-11(15)9-6-5-7-10(13)12(9)14/h1,5-7,11,15H,3-4,8H2. The van der Waals surface area contributed by atoms with Crippen molar-refractivity contribution in [2.75, 3.05) is 0 Å². The van der Waals surface area contributed by atoms with Crippen molar-refractivity contribution in [2.24, 2.45) is 0 Å². The van der Waals surface area contributed by atoms with Crippen LogP contribution in [0.2, 0.25) is 5.02 Å². The quantitative estimate of drug-likeness (QED) is 0.617. The van der Waals surface area contributed by atoms with E-state index in [4.69, 9.17) is 18.0 Å². The molecule has 0 saturated heterocycles. The van der Waals surface area contributed by atoms with E-state index in [0.29, 0.717) is 19.3 Å². The van der Waals surface area contributed by atoms with Gasteiger partial charge in [-0.1, -0.05) is 23.7 Å². The predicted molar refractivity (Wildman–Crippen MR) is 59.1 cm³/mol. The van der Waals surface area contributed by atoms with Gasteiger partial charge in [0, 0.05) is 12.0 Å². The Labute approximate surface area is 93.9 Å². The van der Waals surface area contributed by atoms with Crippen LogP contribution in [-0.4, -0.2) is 5.11 Å². The lowest BCUT2D eigenvalue weighted by molar-refractivity contribution is 0.160. The van der Waals surface area contributed by atoms with Gasteiger partial charge in [0.05, 0.1) is 11.1 Å². The third kappa shape index (κ3) is 3.23. The molecule has 0 heterocycles. The summed E-state index contributed by atoms with van der Waals surface area (Å²) in [5, 5.41) is 9.72. The van der Waals surface area contributed by atoms with Crippen molar-refractivity contribution in [3.63, 3.8) is 0 Å². The molecular formula is C12H12ClFO. The third-order valence-electron chi connectivity index (χ3n) is 2.14. The van der Waals surface area contributed by atoms with Crippen LogP contribution in [0.15, 0.2) is 18.2 Å². The molecule has 3 heteroatoms. The first-order valence-corrected chi connectivity index (χ1v) is 5.10. The zero-order valence-electron chi connectivity index (χ0n) is 8.21. The highest BCUT2D eigenvalue weighted by molar-refractivity contribution is 6.30. The average Bonchev–Trinajstić information content (AvgIpc) is 2.22. The summed E-state index contributed by atoms with van der Waals surface area (Å²) >= 11 is 5.60. The van der Waals surface area contributed by atoms with Crippen LogP contribution in [0.1, 0.15) is 30.9 Å². The van der Waals surface area contributed by atoms with Crippen LogP contribution in [0.5, 0.6) is 0 Å². The molecule has 0 aliphatic carbocycles. The zero-order chi connectivity index (χ0) is 11.3. The minimum atomic E-state index is -0.836. The smallest absolute Gasteiger partial charge is 0.147 e. The van der Waals surface area contributed by atoms with Crippen molar-refractivity contribution in [1.82, 2.24) is 0 Å². The highest BCUT2D eigenvalue weighted by atomic mass is 35.5. The molecule has 0 aromatic heterocycles. The summed E-state index contributed by atoms with van der Waals surface area (Å²) in [5.41, 5.74) is 0.236. The van der Waals surface area contributed by atoms with E-state index in [1.165, 1.54) is 12.1 Å². The molecule has 1 atom stereocenters. The van der Waals surface area contributed by atoms with Gasteiger partial charge < -0.3 is 5.11 Å². The lowest BCUT2D eigenvalue weighted by atomic mass is 10.0. The van der Waals surface area contributed by atoms with Crippen LogP contribution in [0.4, 0.5) is 4.39 Å². The first kappa shape index (κ1) is 12.0. The fraction of sp³-hybridized carbons (Fsp3) is 0.333. The van der Waals surface area contributed by atoms with E-state index >= 15 is 0 Å². The summed E-state index contributed by atoms with van der Waals surface area (Å²) in [6, 6.07) is 4.60. The van der Waals surface area contributed by atoms with Crippen LogP contribution in [-0.2, 0) is 0 Å². The second-order valence-electron chi connectivity index (χ2n) is 3.26. The Morgan fingerprint density at radius 3 is 2.93 bits per heavy atom.